The zero-order valence-corrected chi connectivity index (χ0v) is 13.4. The first kappa shape index (κ1) is 13.4. The van der Waals surface area contributed by atoms with Crippen LogP contribution in [0, 0.1) is 13.8 Å². The van der Waals surface area contributed by atoms with Gasteiger partial charge < -0.3 is 4.98 Å². The van der Waals surface area contributed by atoms with E-state index >= 15 is 0 Å². The largest absolute Gasteiger partial charge is 0.361 e. The molecule has 3 aromatic rings. The summed E-state index contributed by atoms with van der Waals surface area (Å²) < 4.78 is 0. The summed E-state index contributed by atoms with van der Waals surface area (Å²) >= 11 is 0. The highest BCUT2D eigenvalue weighted by Gasteiger charge is 2.20. The zero-order valence-electron chi connectivity index (χ0n) is 13.4. The molecule has 1 atom stereocenters. The van der Waals surface area contributed by atoms with Crippen molar-refractivity contribution in [3.63, 3.8) is 0 Å². The van der Waals surface area contributed by atoms with Crippen LogP contribution in [-0.2, 0) is 0 Å². The van der Waals surface area contributed by atoms with Crippen LogP contribution in [0.15, 0.2) is 54.3 Å². The van der Waals surface area contributed by atoms with Crippen LogP contribution in [0.2, 0.25) is 0 Å². The minimum Gasteiger partial charge on any atom is -0.361 e. The number of aromatic amines is 1. The smallest absolute Gasteiger partial charge is 0.0462 e. The van der Waals surface area contributed by atoms with Gasteiger partial charge in [-0.1, -0.05) is 42.9 Å². The lowest BCUT2D eigenvalue weighted by molar-refractivity contribution is 0.874. The monoisotopic (exact) mass is 287 g/mol. The van der Waals surface area contributed by atoms with Crippen LogP contribution in [0.3, 0.4) is 0 Å². The number of aryl methyl sites for hydroxylation is 2. The Labute approximate surface area is 131 Å². The Bertz CT molecular complexity index is 937. The Hall–Kier alpha value is -2.28. The van der Waals surface area contributed by atoms with Crippen molar-refractivity contribution in [1.29, 1.82) is 0 Å². The first-order chi connectivity index (χ1) is 10.7. The third kappa shape index (κ3) is 1.85. The molecule has 1 aliphatic rings. The predicted molar refractivity (Wildman–Crippen MR) is 95.5 cm³/mol. The van der Waals surface area contributed by atoms with E-state index in [4.69, 9.17) is 0 Å². The SMILES string of the molecule is Cc1cc2c(C)c3ccc[nH]c3cc2c1[C@H](C)C1=CC=CC1. The van der Waals surface area contributed by atoms with Gasteiger partial charge in [-0.05, 0) is 59.9 Å². The van der Waals surface area contributed by atoms with Gasteiger partial charge in [-0.3, -0.25) is 0 Å². The van der Waals surface area contributed by atoms with E-state index in [-0.39, 0.29) is 0 Å². The van der Waals surface area contributed by atoms with Crippen molar-refractivity contribution in [2.24, 2.45) is 0 Å². The minimum atomic E-state index is 0.480. The van der Waals surface area contributed by atoms with Gasteiger partial charge in [0.2, 0.25) is 0 Å². The first-order valence-corrected chi connectivity index (χ1v) is 8.02. The summed E-state index contributed by atoms with van der Waals surface area (Å²) in [4.78, 5) is 3.40. The van der Waals surface area contributed by atoms with Crippen LogP contribution >= 0.6 is 0 Å². The molecule has 0 radical (unpaired) electrons. The Kier molecular flexibility index (Phi) is 2.97. The van der Waals surface area contributed by atoms with Crippen LogP contribution in [0.5, 0.6) is 0 Å². The fourth-order valence-electron chi connectivity index (χ4n) is 3.93. The maximum atomic E-state index is 3.40. The molecule has 0 saturated heterocycles. The fraction of sp³-hybridized carbons (Fsp3) is 0.238. The Morgan fingerprint density at radius 2 is 1.95 bits per heavy atom. The van der Waals surface area contributed by atoms with Gasteiger partial charge in [-0.25, -0.2) is 0 Å². The molecular formula is C21H21N. The van der Waals surface area contributed by atoms with Crippen molar-refractivity contribution in [2.45, 2.75) is 33.1 Å². The van der Waals surface area contributed by atoms with E-state index in [1.54, 1.807) is 0 Å². The van der Waals surface area contributed by atoms with Crippen molar-refractivity contribution < 1.29 is 0 Å². The summed E-state index contributed by atoms with van der Waals surface area (Å²) in [5.74, 6) is 0.480. The standard InChI is InChI=1S/C21H21N/c1-13-11-18-15(3)17-9-6-10-22-20(17)12-19(18)21(13)14(2)16-7-4-5-8-16/h4-7,9-12,14,22H,8H2,1-3H3/t14-/m1/s1. The summed E-state index contributed by atoms with van der Waals surface area (Å²) in [6.07, 6.45) is 9.81. The number of rotatable bonds is 2. The molecule has 2 aromatic carbocycles. The van der Waals surface area contributed by atoms with Crippen LogP contribution in [0.1, 0.15) is 36.0 Å². The van der Waals surface area contributed by atoms with Crippen molar-refractivity contribution in [3.8, 4) is 0 Å². The highest BCUT2D eigenvalue weighted by Crippen LogP contribution is 2.40. The molecule has 0 fully saturated rings. The molecule has 1 heterocycles. The summed E-state index contributed by atoms with van der Waals surface area (Å²) in [5.41, 5.74) is 7.03. The second kappa shape index (κ2) is 4.88. The molecule has 22 heavy (non-hydrogen) atoms. The molecule has 0 aliphatic heterocycles. The number of H-pyrrole nitrogens is 1. The lowest BCUT2D eigenvalue weighted by Gasteiger charge is -2.15. The summed E-state index contributed by atoms with van der Waals surface area (Å²) in [6, 6.07) is 8.98. The fourth-order valence-corrected chi connectivity index (χ4v) is 3.93. The van der Waals surface area contributed by atoms with E-state index in [9.17, 15) is 0 Å². The number of hydrogen-bond acceptors (Lipinski definition) is 0. The average Bonchev–Trinajstić information content (AvgIpc) is 3.15. The minimum absolute atomic E-state index is 0.480. The van der Waals surface area contributed by atoms with Crippen LogP contribution in [-0.4, -0.2) is 4.98 Å². The number of fused-ring (bicyclic) bond motifs is 2. The van der Waals surface area contributed by atoms with Gasteiger partial charge in [-0.15, -0.1) is 0 Å². The maximum absolute atomic E-state index is 3.40. The van der Waals surface area contributed by atoms with Crippen LogP contribution in [0.25, 0.3) is 21.7 Å². The number of hydrogen-bond donors (Lipinski definition) is 1. The van der Waals surface area contributed by atoms with Gasteiger partial charge in [0.05, 0.1) is 0 Å². The molecule has 0 saturated carbocycles. The number of benzene rings is 1. The molecule has 1 aromatic heterocycles. The Morgan fingerprint density at radius 1 is 1.09 bits per heavy atom. The number of allylic oxidation sites excluding steroid dienone is 4. The normalized spacial score (nSPS) is 15.7. The molecular weight excluding hydrogens is 266 g/mol. The molecule has 1 aliphatic carbocycles. The van der Waals surface area contributed by atoms with Gasteiger partial charge in [0.15, 0.2) is 0 Å². The lowest BCUT2D eigenvalue weighted by Crippen LogP contribution is -1.97. The summed E-state index contributed by atoms with van der Waals surface area (Å²) in [7, 11) is 0. The van der Waals surface area contributed by atoms with Gasteiger partial charge in [0.1, 0.15) is 0 Å². The van der Waals surface area contributed by atoms with Crippen molar-refractivity contribution in [1.82, 2.24) is 4.98 Å². The Balaban J connectivity index is 2.01. The van der Waals surface area contributed by atoms with E-state index in [0.29, 0.717) is 5.92 Å². The molecule has 0 bridgehead atoms. The summed E-state index contributed by atoms with van der Waals surface area (Å²) in [6.45, 7) is 6.83. The van der Waals surface area contributed by atoms with E-state index in [2.05, 4.69) is 68.2 Å². The third-order valence-electron chi connectivity index (χ3n) is 5.14. The van der Waals surface area contributed by atoms with Gasteiger partial charge in [0.25, 0.3) is 0 Å². The zero-order chi connectivity index (χ0) is 15.3. The maximum Gasteiger partial charge on any atom is 0.0462 e. The number of pyridine rings is 1. The van der Waals surface area contributed by atoms with Crippen LogP contribution < -0.4 is 0 Å². The lowest BCUT2D eigenvalue weighted by atomic mass is 9.89. The molecule has 1 heteroatoms. The van der Waals surface area contributed by atoms with E-state index in [1.807, 2.05) is 6.20 Å². The van der Waals surface area contributed by atoms with E-state index in [1.165, 1.54) is 43.9 Å². The average molecular weight is 287 g/mol. The molecule has 1 nitrogen and oxygen atoms in total. The summed E-state index contributed by atoms with van der Waals surface area (Å²) in [5, 5.41) is 4.13. The van der Waals surface area contributed by atoms with Crippen molar-refractivity contribution in [3.05, 3.63) is 71.0 Å². The predicted octanol–water partition coefficient (Wildman–Crippen LogP) is 5.93. The second-order valence-electron chi connectivity index (χ2n) is 6.43. The van der Waals surface area contributed by atoms with Crippen LogP contribution in [0.4, 0.5) is 0 Å². The van der Waals surface area contributed by atoms with Crippen molar-refractivity contribution >= 4 is 21.7 Å². The molecule has 0 amide bonds. The number of aromatic nitrogens is 1. The second-order valence-corrected chi connectivity index (χ2v) is 6.43. The van der Waals surface area contributed by atoms with Gasteiger partial charge in [-0.2, -0.15) is 0 Å². The number of nitrogens with one attached hydrogen (secondary N) is 1. The molecule has 1 N–H and O–H groups in total. The highest BCUT2D eigenvalue weighted by molar-refractivity contribution is 6.03. The van der Waals surface area contributed by atoms with Gasteiger partial charge >= 0.3 is 0 Å². The molecule has 4 rings (SSSR count). The van der Waals surface area contributed by atoms with Crippen molar-refractivity contribution in [2.75, 3.05) is 0 Å². The quantitative estimate of drug-likeness (QED) is 0.601. The molecule has 0 unspecified atom stereocenters. The third-order valence-corrected chi connectivity index (χ3v) is 5.14. The first-order valence-electron chi connectivity index (χ1n) is 8.02. The van der Waals surface area contributed by atoms with E-state index in [0.717, 1.165) is 6.42 Å². The molecule has 110 valence electrons. The van der Waals surface area contributed by atoms with Gasteiger partial charge in [0, 0.05) is 23.0 Å². The highest BCUT2D eigenvalue weighted by atomic mass is 14.6. The molecule has 0 spiro atoms. The Morgan fingerprint density at radius 3 is 2.73 bits per heavy atom. The van der Waals surface area contributed by atoms with E-state index < -0.39 is 0 Å². The topological polar surface area (TPSA) is 15.8 Å².